The molecule has 0 fully saturated rings. The zero-order valence-corrected chi connectivity index (χ0v) is 16.1. The van der Waals surface area contributed by atoms with Crippen LogP contribution in [0.4, 0.5) is 0 Å². The molecule has 0 spiro atoms. The van der Waals surface area contributed by atoms with Crippen LogP contribution in [0.3, 0.4) is 0 Å². The van der Waals surface area contributed by atoms with E-state index in [9.17, 15) is 9.90 Å². The van der Waals surface area contributed by atoms with Crippen LogP contribution in [-0.2, 0) is 4.79 Å². The van der Waals surface area contributed by atoms with Gasteiger partial charge in [0.15, 0.2) is 23.0 Å². The van der Waals surface area contributed by atoms with Crippen molar-refractivity contribution in [1.29, 1.82) is 0 Å². The van der Waals surface area contributed by atoms with Crippen molar-refractivity contribution in [3.63, 3.8) is 0 Å². The summed E-state index contributed by atoms with van der Waals surface area (Å²) in [5, 5.41) is 9.44. The summed E-state index contributed by atoms with van der Waals surface area (Å²) in [7, 11) is 7.63. The maximum Gasteiger partial charge on any atom is 0.304 e. The quantitative estimate of drug-likeness (QED) is 0.718. The summed E-state index contributed by atoms with van der Waals surface area (Å²) in [5.74, 6) is 1.09. The molecule has 0 aromatic heterocycles. The maximum atomic E-state index is 11.5. The van der Waals surface area contributed by atoms with Crippen LogP contribution in [0.5, 0.6) is 28.7 Å². The molecule has 0 aliphatic carbocycles. The van der Waals surface area contributed by atoms with Crippen molar-refractivity contribution in [2.45, 2.75) is 12.3 Å². The second-order valence-corrected chi connectivity index (χ2v) is 5.72. The van der Waals surface area contributed by atoms with Crippen LogP contribution in [0.15, 0.2) is 30.3 Å². The van der Waals surface area contributed by atoms with Gasteiger partial charge in [0.05, 0.1) is 42.0 Å². The summed E-state index contributed by atoms with van der Waals surface area (Å²) < 4.78 is 26.7. The Hall–Kier alpha value is -3.09. The molecule has 1 atom stereocenters. The molecule has 2 aromatic rings. The van der Waals surface area contributed by atoms with Gasteiger partial charge in [-0.3, -0.25) is 4.79 Å². The summed E-state index contributed by atoms with van der Waals surface area (Å²) in [6.07, 6.45) is -0.117. The van der Waals surface area contributed by atoms with Gasteiger partial charge in [-0.25, -0.2) is 0 Å². The van der Waals surface area contributed by atoms with E-state index in [1.807, 2.05) is 6.07 Å². The van der Waals surface area contributed by atoms with Crippen molar-refractivity contribution in [2.75, 3.05) is 35.5 Å². The maximum absolute atomic E-state index is 11.5. The number of carbonyl (C=O) groups is 1. The molecule has 1 unspecified atom stereocenters. The fourth-order valence-electron chi connectivity index (χ4n) is 2.97. The molecule has 7 nitrogen and oxygen atoms in total. The predicted molar refractivity (Wildman–Crippen MR) is 99.7 cm³/mol. The van der Waals surface area contributed by atoms with Crippen molar-refractivity contribution in [3.8, 4) is 28.7 Å². The minimum Gasteiger partial charge on any atom is -0.493 e. The number of hydrogen-bond acceptors (Lipinski definition) is 6. The van der Waals surface area contributed by atoms with Crippen LogP contribution >= 0.6 is 0 Å². The Morgan fingerprint density at radius 3 is 1.74 bits per heavy atom. The molecule has 0 saturated carbocycles. The van der Waals surface area contributed by atoms with Gasteiger partial charge in [-0.2, -0.15) is 0 Å². The van der Waals surface area contributed by atoms with E-state index in [0.717, 1.165) is 11.1 Å². The number of ether oxygens (including phenoxy) is 5. The molecule has 0 amide bonds. The molecular formula is C20H24O7. The third-order valence-corrected chi connectivity index (χ3v) is 4.28. The lowest BCUT2D eigenvalue weighted by Gasteiger charge is -2.21. The molecule has 7 heteroatoms. The van der Waals surface area contributed by atoms with Gasteiger partial charge < -0.3 is 28.8 Å². The van der Waals surface area contributed by atoms with Gasteiger partial charge in [0, 0.05) is 5.92 Å². The molecule has 146 valence electrons. The largest absolute Gasteiger partial charge is 0.493 e. The summed E-state index contributed by atoms with van der Waals surface area (Å²) in [5.41, 5.74) is 1.49. The number of carboxylic acids is 1. The van der Waals surface area contributed by atoms with Gasteiger partial charge in [0.1, 0.15) is 0 Å². The van der Waals surface area contributed by atoms with Crippen molar-refractivity contribution < 1.29 is 33.6 Å². The van der Waals surface area contributed by atoms with Crippen LogP contribution in [0, 0.1) is 0 Å². The number of aliphatic carboxylic acids is 1. The average Bonchev–Trinajstić information content (AvgIpc) is 2.70. The average molecular weight is 376 g/mol. The molecule has 0 aliphatic heterocycles. The Kier molecular flexibility index (Phi) is 6.76. The first-order valence-electron chi connectivity index (χ1n) is 8.22. The second kappa shape index (κ2) is 9.02. The fourth-order valence-corrected chi connectivity index (χ4v) is 2.97. The lowest BCUT2D eigenvalue weighted by atomic mass is 9.88. The second-order valence-electron chi connectivity index (χ2n) is 5.72. The molecule has 1 N–H and O–H groups in total. The third-order valence-electron chi connectivity index (χ3n) is 4.28. The first-order chi connectivity index (χ1) is 13.0. The predicted octanol–water partition coefficient (Wildman–Crippen LogP) is 3.34. The van der Waals surface area contributed by atoms with E-state index in [1.165, 1.54) is 28.4 Å². The fraction of sp³-hybridized carbons (Fsp3) is 0.350. The number of benzene rings is 2. The van der Waals surface area contributed by atoms with Crippen LogP contribution < -0.4 is 23.7 Å². The van der Waals surface area contributed by atoms with Gasteiger partial charge in [-0.1, -0.05) is 6.07 Å². The van der Waals surface area contributed by atoms with Gasteiger partial charge in [0.25, 0.3) is 0 Å². The highest BCUT2D eigenvalue weighted by molar-refractivity contribution is 5.70. The van der Waals surface area contributed by atoms with Crippen LogP contribution in [-0.4, -0.2) is 46.6 Å². The Labute approximate surface area is 158 Å². The monoisotopic (exact) mass is 376 g/mol. The molecule has 2 aromatic carbocycles. The Balaban J connectivity index is 2.62. The molecule has 0 bridgehead atoms. The van der Waals surface area contributed by atoms with E-state index >= 15 is 0 Å². The molecular weight excluding hydrogens is 352 g/mol. The van der Waals surface area contributed by atoms with Crippen molar-refractivity contribution in [3.05, 3.63) is 41.5 Å². The van der Waals surface area contributed by atoms with E-state index in [2.05, 4.69) is 0 Å². The smallest absolute Gasteiger partial charge is 0.304 e. The highest BCUT2D eigenvalue weighted by Crippen LogP contribution is 2.43. The van der Waals surface area contributed by atoms with Crippen LogP contribution in [0.1, 0.15) is 23.5 Å². The van der Waals surface area contributed by atoms with Gasteiger partial charge in [-0.15, -0.1) is 0 Å². The topological polar surface area (TPSA) is 83.5 Å². The Bertz CT molecular complexity index is 776. The summed E-state index contributed by atoms with van der Waals surface area (Å²) >= 11 is 0. The van der Waals surface area contributed by atoms with Crippen molar-refractivity contribution in [2.24, 2.45) is 0 Å². The lowest BCUT2D eigenvalue weighted by molar-refractivity contribution is -0.137. The van der Waals surface area contributed by atoms with Gasteiger partial charge in [-0.05, 0) is 35.4 Å². The SMILES string of the molecule is COc1ccc(C(CC(=O)O)c2cc(OC)c(OC)c(OC)c2)cc1OC. The third kappa shape index (κ3) is 4.36. The number of carboxylic acid groups (broad SMARTS) is 1. The van der Waals surface area contributed by atoms with E-state index in [-0.39, 0.29) is 6.42 Å². The summed E-state index contributed by atoms with van der Waals surface area (Å²) in [4.78, 5) is 11.5. The van der Waals surface area contributed by atoms with E-state index < -0.39 is 11.9 Å². The minimum atomic E-state index is -0.927. The van der Waals surface area contributed by atoms with Crippen molar-refractivity contribution in [1.82, 2.24) is 0 Å². The van der Waals surface area contributed by atoms with E-state index in [1.54, 1.807) is 31.4 Å². The first-order valence-corrected chi connectivity index (χ1v) is 8.22. The van der Waals surface area contributed by atoms with Crippen LogP contribution in [0.25, 0.3) is 0 Å². The van der Waals surface area contributed by atoms with E-state index in [0.29, 0.717) is 28.7 Å². The highest BCUT2D eigenvalue weighted by Gasteiger charge is 2.23. The Morgan fingerprint density at radius 2 is 1.30 bits per heavy atom. The van der Waals surface area contributed by atoms with Gasteiger partial charge >= 0.3 is 5.97 Å². The Morgan fingerprint density at radius 1 is 0.778 bits per heavy atom. The molecule has 0 heterocycles. The molecule has 2 rings (SSSR count). The normalized spacial score (nSPS) is 11.4. The molecule has 0 aliphatic rings. The number of methoxy groups -OCH3 is 5. The highest BCUT2D eigenvalue weighted by atomic mass is 16.5. The minimum absolute atomic E-state index is 0.117. The molecule has 0 radical (unpaired) electrons. The first kappa shape index (κ1) is 20.2. The lowest BCUT2D eigenvalue weighted by Crippen LogP contribution is -2.09. The van der Waals surface area contributed by atoms with Crippen molar-refractivity contribution >= 4 is 5.97 Å². The number of rotatable bonds is 9. The summed E-state index contributed by atoms with van der Waals surface area (Å²) in [6.45, 7) is 0. The summed E-state index contributed by atoms with van der Waals surface area (Å²) in [6, 6.07) is 8.85. The molecule has 0 saturated heterocycles. The van der Waals surface area contributed by atoms with Gasteiger partial charge in [0.2, 0.25) is 5.75 Å². The van der Waals surface area contributed by atoms with Crippen LogP contribution in [0.2, 0.25) is 0 Å². The van der Waals surface area contributed by atoms with E-state index in [4.69, 9.17) is 23.7 Å². The zero-order valence-electron chi connectivity index (χ0n) is 16.1. The number of hydrogen-bond donors (Lipinski definition) is 1. The zero-order chi connectivity index (χ0) is 20.0. The molecule has 27 heavy (non-hydrogen) atoms. The standard InChI is InChI=1S/C20H24O7/c1-23-15-7-6-12(8-16(15)24-2)14(11-19(21)22)13-9-17(25-3)20(27-5)18(10-13)26-4/h6-10,14H,11H2,1-5H3,(H,21,22).